The number of amides is 1. The first-order valence-corrected chi connectivity index (χ1v) is 10.7. The zero-order valence-corrected chi connectivity index (χ0v) is 18.9. The number of nitrogens with two attached hydrogens (primary N) is 1. The van der Waals surface area contributed by atoms with Crippen LogP contribution in [0.15, 0.2) is 36.4 Å². The fraction of sp³-hybridized carbons (Fsp3) is 0.375. The van der Waals surface area contributed by atoms with Gasteiger partial charge in [0.05, 0.1) is 25.4 Å². The van der Waals surface area contributed by atoms with E-state index in [0.717, 1.165) is 6.07 Å². The Labute approximate surface area is 200 Å². The first-order valence-electron chi connectivity index (χ1n) is 10.7. The molecular weight excluding hydrogens is 470 g/mol. The lowest BCUT2D eigenvalue weighted by atomic mass is 10.1. The third-order valence-electron chi connectivity index (χ3n) is 4.51. The van der Waals surface area contributed by atoms with Gasteiger partial charge in [0, 0.05) is 43.2 Å². The maximum Gasteiger partial charge on any atom is 0.419 e. The van der Waals surface area contributed by atoms with E-state index in [-0.39, 0.29) is 31.9 Å². The number of ether oxygens (including phenoxy) is 2. The van der Waals surface area contributed by atoms with Crippen molar-refractivity contribution < 1.29 is 36.9 Å². The molecule has 0 atom stereocenters. The van der Waals surface area contributed by atoms with Crippen molar-refractivity contribution in [2.24, 2.45) is 5.73 Å². The Bertz CT molecular complexity index is 1040. The molecular formula is C24H27F4N3O4. The molecule has 0 heterocycles. The van der Waals surface area contributed by atoms with Crippen molar-refractivity contribution in [2.75, 3.05) is 39.5 Å². The van der Waals surface area contributed by atoms with Crippen molar-refractivity contribution in [1.82, 2.24) is 10.6 Å². The van der Waals surface area contributed by atoms with Gasteiger partial charge in [-0.05, 0) is 35.9 Å². The lowest BCUT2D eigenvalue weighted by molar-refractivity contribution is -0.140. The molecule has 7 nitrogen and oxygen atoms in total. The second kappa shape index (κ2) is 14.3. The van der Waals surface area contributed by atoms with Crippen LogP contribution in [0.5, 0.6) is 5.75 Å². The largest absolute Gasteiger partial charge is 0.489 e. The molecule has 0 radical (unpaired) electrons. The zero-order valence-electron chi connectivity index (χ0n) is 18.9. The molecule has 2 aromatic rings. The number of aliphatic hydroxyl groups is 1. The molecule has 2 aromatic carbocycles. The summed E-state index contributed by atoms with van der Waals surface area (Å²) in [4.78, 5) is 11.9. The highest BCUT2D eigenvalue weighted by molar-refractivity contribution is 5.94. The summed E-state index contributed by atoms with van der Waals surface area (Å²) < 4.78 is 63.2. The Morgan fingerprint density at radius 2 is 1.91 bits per heavy atom. The van der Waals surface area contributed by atoms with Crippen molar-refractivity contribution in [3.05, 3.63) is 64.5 Å². The van der Waals surface area contributed by atoms with Crippen LogP contribution in [0.1, 0.15) is 22.3 Å². The Morgan fingerprint density at radius 1 is 1.11 bits per heavy atom. The Morgan fingerprint density at radius 3 is 2.63 bits per heavy atom. The number of hydrogen-bond donors (Lipinski definition) is 4. The van der Waals surface area contributed by atoms with E-state index in [0.29, 0.717) is 49.2 Å². The van der Waals surface area contributed by atoms with Gasteiger partial charge in [0.15, 0.2) is 0 Å². The first-order chi connectivity index (χ1) is 16.7. The second-order valence-electron chi connectivity index (χ2n) is 7.23. The van der Waals surface area contributed by atoms with Crippen LogP contribution in [0, 0.1) is 17.7 Å². The number of benzene rings is 2. The summed E-state index contributed by atoms with van der Waals surface area (Å²) in [5, 5.41) is 14.6. The molecule has 0 aromatic heterocycles. The van der Waals surface area contributed by atoms with Gasteiger partial charge in [-0.3, -0.25) is 4.79 Å². The van der Waals surface area contributed by atoms with E-state index >= 15 is 0 Å². The average molecular weight is 497 g/mol. The van der Waals surface area contributed by atoms with E-state index < -0.39 is 23.5 Å². The maximum atomic E-state index is 13.5. The van der Waals surface area contributed by atoms with E-state index in [4.69, 9.17) is 20.3 Å². The van der Waals surface area contributed by atoms with Crippen LogP contribution in [-0.4, -0.2) is 50.5 Å². The van der Waals surface area contributed by atoms with Gasteiger partial charge in [0.2, 0.25) is 0 Å². The predicted octanol–water partition coefficient (Wildman–Crippen LogP) is 1.95. The molecule has 35 heavy (non-hydrogen) atoms. The van der Waals surface area contributed by atoms with Gasteiger partial charge in [0.1, 0.15) is 18.2 Å². The molecule has 0 aliphatic rings. The molecule has 190 valence electrons. The highest BCUT2D eigenvalue weighted by Gasteiger charge is 2.34. The molecule has 2 rings (SSSR count). The number of halogens is 4. The molecule has 0 aliphatic carbocycles. The summed E-state index contributed by atoms with van der Waals surface area (Å²) in [7, 11) is 0. The molecule has 11 heteroatoms. The molecule has 0 spiro atoms. The Kier molecular flexibility index (Phi) is 11.5. The van der Waals surface area contributed by atoms with E-state index in [1.165, 1.54) is 6.07 Å². The molecule has 0 aliphatic heterocycles. The van der Waals surface area contributed by atoms with Gasteiger partial charge >= 0.3 is 6.18 Å². The minimum atomic E-state index is -4.82. The number of hydrogen-bond acceptors (Lipinski definition) is 6. The third kappa shape index (κ3) is 9.92. The van der Waals surface area contributed by atoms with Gasteiger partial charge in [-0.25, -0.2) is 4.39 Å². The quantitative estimate of drug-likeness (QED) is 0.203. The number of rotatable bonds is 12. The van der Waals surface area contributed by atoms with Crippen LogP contribution in [0.4, 0.5) is 17.6 Å². The third-order valence-corrected chi connectivity index (χ3v) is 4.51. The molecule has 0 saturated heterocycles. The lowest BCUT2D eigenvalue weighted by Crippen LogP contribution is -2.26. The number of nitrogens with one attached hydrogen (secondary N) is 2. The first kappa shape index (κ1) is 28.1. The van der Waals surface area contributed by atoms with Crippen LogP contribution in [0.3, 0.4) is 0 Å². The van der Waals surface area contributed by atoms with Crippen molar-refractivity contribution >= 4 is 5.91 Å². The highest BCUT2D eigenvalue weighted by Crippen LogP contribution is 2.32. The molecule has 1 amide bonds. The van der Waals surface area contributed by atoms with E-state index in [9.17, 15) is 22.4 Å². The van der Waals surface area contributed by atoms with Crippen LogP contribution in [0.25, 0.3) is 0 Å². The summed E-state index contributed by atoms with van der Waals surface area (Å²) in [5.41, 5.74) is 5.20. The highest BCUT2D eigenvalue weighted by atomic mass is 19.4. The Hall–Kier alpha value is -3.17. The summed E-state index contributed by atoms with van der Waals surface area (Å²) >= 11 is 0. The number of carbonyl (C=O) groups is 1. The fourth-order valence-corrected chi connectivity index (χ4v) is 2.87. The summed E-state index contributed by atoms with van der Waals surface area (Å²) in [6, 6.07) is 7.51. The topological polar surface area (TPSA) is 106 Å². The van der Waals surface area contributed by atoms with Crippen molar-refractivity contribution in [3.8, 4) is 17.6 Å². The van der Waals surface area contributed by atoms with Gasteiger partial charge < -0.3 is 30.9 Å². The SMILES string of the molecule is NCCOCCNC(=O)C#Cc1ccc(OCc2ccc(F)c(C(F)(F)F)c2)c(CNCCO)c1. The van der Waals surface area contributed by atoms with E-state index in [2.05, 4.69) is 22.5 Å². The molecule has 0 fully saturated rings. The summed E-state index contributed by atoms with van der Waals surface area (Å²) in [6.45, 7) is 1.64. The number of aliphatic hydroxyl groups excluding tert-OH is 1. The van der Waals surface area contributed by atoms with Gasteiger partial charge in [0.25, 0.3) is 5.91 Å². The smallest absolute Gasteiger partial charge is 0.419 e. The Balaban J connectivity index is 2.10. The molecule has 0 bridgehead atoms. The monoisotopic (exact) mass is 497 g/mol. The zero-order chi connectivity index (χ0) is 25.7. The lowest BCUT2D eigenvalue weighted by Gasteiger charge is -2.14. The standard InChI is InChI=1S/C24H27F4N3O4/c25-21-4-1-18(14-20(21)24(26,27)28)16-35-22-5-2-17(13-19(22)15-30-8-10-32)3-6-23(33)31-9-12-34-11-7-29/h1-2,4-5,13-14,30,32H,7-12,15-16,29H2,(H,31,33). The molecule has 0 saturated carbocycles. The van der Waals surface area contributed by atoms with Crippen LogP contribution >= 0.6 is 0 Å². The van der Waals surface area contributed by atoms with Crippen LogP contribution < -0.4 is 21.1 Å². The average Bonchev–Trinajstić information content (AvgIpc) is 2.82. The molecule has 0 unspecified atom stereocenters. The second-order valence-corrected chi connectivity index (χ2v) is 7.23. The predicted molar refractivity (Wildman–Crippen MR) is 121 cm³/mol. The van der Waals surface area contributed by atoms with Crippen molar-refractivity contribution in [1.29, 1.82) is 0 Å². The van der Waals surface area contributed by atoms with Gasteiger partial charge in [-0.15, -0.1) is 0 Å². The fourth-order valence-electron chi connectivity index (χ4n) is 2.87. The summed E-state index contributed by atoms with van der Waals surface area (Å²) in [6.07, 6.45) is -4.82. The number of alkyl halides is 3. The van der Waals surface area contributed by atoms with Crippen LogP contribution in [-0.2, 0) is 28.9 Å². The minimum Gasteiger partial charge on any atom is -0.489 e. The summed E-state index contributed by atoms with van der Waals surface area (Å²) in [5.74, 6) is 3.72. The van der Waals surface area contributed by atoms with Gasteiger partial charge in [-0.1, -0.05) is 12.0 Å². The maximum absolute atomic E-state index is 13.5. The van der Waals surface area contributed by atoms with Crippen molar-refractivity contribution in [3.63, 3.8) is 0 Å². The van der Waals surface area contributed by atoms with E-state index in [1.54, 1.807) is 18.2 Å². The van der Waals surface area contributed by atoms with Gasteiger partial charge in [-0.2, -0.15) is 13.2 Å². The van der Waals surface area contributed by atoms with Crippen molar-refractivity contribution in [2.45, 2.75) is 19.3 Å². The molecule has 5 N–H and O–H groups in total. The van der Waals surface area contributed by atoms with Crippen LogP contribution in [0.2, 0.25) is 0 Å². The normalized spacial score (nSPS) is 11.0. The number of carbonyl (C=O) groups excluding carboxylic acids is 1. The minimum absolute atomic E-state index is 0.0966. The van der Waals surface area contributed by atoms with E-state index in [1.807, 2.05) is 0 Å².